The van der Waals surface area contributed by atoms with Crippen molar-refractivity contribution in [1.82, 2.24) is 5.32 Å². The van der Waals surface area contributed by atoms with Crippen molar-refractivity contribution in [3.8, 4) is 0 Å². The highest BCUT2D eigenvalue weighted by Crippen LogP contribution is 2.30. The van der Waals surface area contributed by atoms with Gasteiger partial charge in [0.2, 0.25) is 0 Å². The number of aliphatic imine (C=N–C) groups is 1. The molecule has 0 spiro atoms. The number of nitrogens with zero attached hydrogens (tertiary/aromatic N) is 1. The molecule has 3 nitrogen and oxygen atoms in total. The Labute approximate surface area is 180 Å². The minimum absolute atomic E-state index is 0.0401. The van der Waals surface area contributed by atoms with Gasteiger partial charge >= 0.3 is 6.18 Å². The maximum absolute atomic E-state index is 12.9. The maximum atomic E-state index is 12.9. The quantitative estimate of drug-likeness (QED) is 0.524. The number of halogens is 3. The maximum Gasteiger partial charge on any atom is 0.416 e. The van der Waals surface area contributed by atoms with Gasteiger partial charge in [-0.1, -0.05) is 73.3 Å². The first-order valence-electron chi connectivity index (χ1n) is 9.96. The predicted octanol–water partition coefficient (Wildman–Crippen LogP) is 6.02. The first-order valence-corrected chi connectivity index (χ1v) is 9.96. The summed E-state index contributed by atoms with van der Waals surface area (Å²) in [5, 5.41) is 3.41. The van der Waals surface area contributed by atoms with Crippen LogP contribution in [0.5, 0.6) is 0 Å². The minimum Gasteiger partial charge on any atom is -0.369 e. The zero-order valence-corrected chi connectivity index (χ0v) is 17.3. The Morgan fingerprint density at radius 1 is 1.10 bits per heavy atom. The van der Waals surface area contributed by atoms with E-state index in [9.17, 15) is 13.2 Å². The lowest BCUT2D eigenvalue weighted by atomic mass is 9.95. The fraction of sp³-hybridized carbons (Fsp3) is 0.240. The average molecular weight is 426 g/mol. The second-order valence-electron chi connectivity index (χ2n) is 7.28. The number of ether oxygens (including phenoxy) is 1. The summed E-state index contributed by atoms with van der Waals surface area (Å²) in [4.78, 5) is 4.79. The molecular formula is C25H25F3N2O. The second-order valence-corrected chi connectivity index (χ2v) is 7.28. The van der Waals surface area contributed by atoms with Crippen LogP contribution in [0.4, 0.5) is 13.2 Å². The van der Waals surface area contributed by atoms with E-state index in [1.807, 2.05) is 55.5 Å². The second kappa shape index (κ2) is 10.3. The lowest BCUT2D eigenvalue weighted by Gasteiger charge is -2.20. The predicted molar refractivity (Wildman–Crippen MR) is 118 cm³/mol. The normalized spacial score (nSPS) is 19.4. The molecule has 1 N–H and O–H groups in total. The number of amidine groups is 1. The Balaban J connectivity index is 1.69. The van der Waals surface area contributed by atoms with Gasteiger partial charge in [-0.15, -0.1) is 0 Å². The van der Waals surface area contributed by atoms with Crippen LogP contribution in [0.15, 0.2) is 96.0 Å². The first-order chi connectivity index (χ1) is 14.9. The Bertz CT molecular complexity index is 978. The largest absolute Gasteiger partial charge is 0.416 e. The fourth-order valence-electron chi connectivity index (χ4n) is 3.40. The molecule has 0 radical (unpaired) electrons. The van der Waals surface area contributed by atoms with E-state index in [2.05, 4.69) is 11.9 Å². The molecule has 1 aliphatic rings. The van der Waals surface area contributed by atoms with Crippen molar-refractivity contribution in [2.24, 2.45) is 4.99 Å². The van der Waals surface area contributed by atoms with E-state index in [0.29, 0.717) is 11.4 Å². The number of allylic oxidation sites excluding steroid dienone is 4. The SMILES string of the molecule is C=C/C=C\C=C(/C)[C@@H]1N=C(COCc2cccc(C(F)(F)F)c2)N[C@@H]1c1ccccc1. The van der Waals surface area contributed by atoms with Crippen LogP contribution in [-0.2, 0) is 17.5 Å². The monoisotopic (exact) mass is 426 g/mol. The summed E-state index contributed by atoms with van der Waals surface area (Å²) in [6.45, 7) is 5.95. The highest BCUT2D eigenvalue weighted by Gasteiger charge is 2.31. The van der Waals surface area contributed by atoms with E-state index in [1.165, 1.54) is 6.07 Å². The Morgan fingerprint density at radius 3 is 2.58 bits per heavy atom. The van der Waals surface area contributed by atoms with Crippen LogP contribution in [0.25, 0.3) is 0 Å². The lowest BCUT2D eigenvalue weighted by molar-refractivity contribution is -0.137. The van der Waals surface area contributed by atoms with Crippen molar-refractivity contribution in [3.05, 3.63) is 108 Å². The molecular weight excluding hydrogens is 401 g/mol. The van der Waals surface area contributed by atoms with Gasteiger partial charge in [0.25, 0.3) is 0 Å². The van der Waals surface area contributed by atoms with Crippen molar-refractivity contribution in [2.75, 3.05) is 6.61 Å². The van der Waals surface area contributed by atoms with Crippen molar-refractivity contribution in [1.29, 1.82) is 0 Å². The van der Waals surface area contributed by atoms with Crippen molar-refractivity contribution in [3.63, 3.8) is 0 Å². The topological polar surface area (TPSA) is 33.6 Å². The van der Waals surface area contributed by atoms with Crippen LogP contribution in [0.2, 0.25) is 0 Å². The van der Waals surface area contributed by atoms with Crippen molar-refractivity contribution < 1.29 is 17.9 Å². The molecule has 31 heavy (non-hydrogen) atoms. The Kier molecular flexibility index (Phi) is 7.47. The molecule has 0 saturated heterocycles. The molecule has 2 aromatic rings. The fourth-order valence-corrected chi connectivity index (χ4v) is 3.40. The highest BCUT2D eigenvalue weighted by atomic mass is 19.4. The molecule has 0 saturated carbocycles. The van der Waals surface area contributed by atoms with E-state index in [1.54, 1.807) is 12.1 Å². The van der Waals surface area contributed by atoms with Gasteiger partial charge in [-0.2, -0.15) is 13.2 Å². The van der Waals surface area contributed by atoms with Crippen LogP contribution in [0, 0.1) is 0 Å². The molecule has 1 heterocycles. The van der Waals surface area contributed by atoms with E-state index >= 15 is 0 Å². The molecule has 0 amide bonds. The Hall–Kier alpha value is -3.12. The zero-order chi connectivity index (χ0) is 22.3. The van der Waals surface area contributed by atoms with Gasteiger partial charge in [-0.25, -0.2) is 0 Å². The number of alkyl halides is 3. The summed E-state index contributed by atoms with van der Waals surface area (Å²) in [5.41, 5.74) is 1.97. The first kappa shape index (κ1) is 22.6. The van der Waals surface area contributed by atoms with Crippen molar-refractivity contribution >= 4 is 5.84 Å². The molecule has 2 atom stereocenters. The van der Waals surface area contributed by atoms with Gasteiger partial charge in [0.15, 0.2) is 0 Å². The third kappa shape index (κ3) is 6.18. The molecule has 0 aliphatic carbocycles. The minimum atomic E-state index is -4.37. The molecule has 1 aliphatic heterocycles. The number of benzene rings is 2. The molecule has 0 fully saturated rings. The van der Waals surface area contributed by atoms with Gasteiger partial charge in [0.1, 0.15) is 12.4 Å². The zero-order valence-electron chi connectivity index (χ0n) is 17.3. The molecule has 3 rings (SSSR count). The summed E-state index contributed by atoms with van der Waals surface area (Å²) >= 11 is 0. The van der Waals surface area contributed by atoms with Gasteiger partial charge in [0, 0.05) is 0 Å². The van der Waals surface area contributed by atoms with Gasteiger partial charge < -0.3 is 10.1 Å². The number of nitrogens with one attached hydrogen (secondary N) is 1. The summed E-state index contributed by atoms with van der Waals surface area (Å²) in [6, 6.07) is 15.0. The number of hydrogen-bond donors (Lipinski definition) is 1. The third-order valence-corrected chi connectivity index (χ3v) is 4.93. The average Bonchev–Trinajstić information content (AvgIpc) is 3.18. The van der Waals surface area contributed by atoms with E-state index < -0.39 is 11.7 Å². The van der Waals surface area contributed by atoms with Crippen LogP contribution in [-0.4, -0.2) is 18.5 Å². The van der Waals surface area contributed by atoms with Gasteiger partial charge in [0.05, 0.1) is 24.3 Å². The summed E-state index contributed by atoms with van der Waals surface area (Å²) in [7, 11) is 0. The number of rotatable bonds is 8. The summed E-state index contributed by atoms with van der Waals surface area (Å²) in [6.07, 6.45) is 3.11. The number of hydrogen-bond acceptors (Lipinski definition) is 3. The summed E-state index contributed by atoms with van der Waals surface area (Å²) in [5.74, 6) is 0.672. The van der Waals surface area contributed by atoms with E-state index in [-0.39, 0.29) is 25.3 Å². The molecule has 162 valence electrons. The lowest BCUT2D eigenvalue weighted by Crippen LogP contribution is -2.29. The summed E-state index contributed by atoms with van der Waals surface area (Å²) < 4.78 is 44.3. The van der Waals surface area contributed by atoms with Crippen LogP contribution in [0.3, 0.4) is 0 Å². The smallest absolute Gasteiger partial charge is 0.369 e. The van der Waals surface area contributed by atoms with Crippen LogP contribution >= 0.6 is 0 Å². The van der Waals surface area contributed by atoms with Crippen LogP contribution < -0.4 is 5.32 Å². The van der Waals surface area contributed by atoms with Crippen LogP contribution in [0.1, 0.15) is 29.7 Å². The molecule has 6 heteroatoms. The molecule has 0 aromatic heterocycles. The van der Waals surface area contributed by atoms with E-state index in [0.717, 1.165) is 23.3 Å². The Morgan fingerprint density at radius 2 is 1.87 bits per heavy atom. The standard InChI is InChI=1S/C25H25F3N2O/c1-3-4-6-10-18(2)23-24(20-12-7-5-8-13-20)30-22(29-23)17-31-16-19-11-9-14-21(15-19)25(26,27)28/h3-15,23-24H,1,16-17H2,2H3,(H,29,30)/b6-4-,18-10+/t23-,24+/m0/s1. The van der Waals surface area contributed by atoms with E-state index in [4.69, 9.17) is 9.73 Å². The van der Waals surface area contributed by atoms with Gasteiger partial charge in [-0.05, 0) is 35.8 Å². The molecule has 2 aromatic carbocycles. The molecule has 0 unspecified atom stereocenters. The van der Waals surface area contributed by atoms with Crippen molar-refractivity contribution in [2.45, 2.75) is 31.8 Å². The third-order valence-electron chi connectivity index (χ3n) is 4.93. The van der Waals surface area contributed by atoms with Gasteiger partial charge in [-0.3, -0.25) is 4.99 Å². The molecule has 0 bridgehead atoms. The highest BCUT2D eigenvalue weighted by molar-refractivity contribution is 5.86.